The van der Waals surface area contributed by atoms with Crippen LogP contribution in [0.3, 0.4) is 0 Å². The fourth-order valence-corrected chi connectivity index (χ4v) is 4.40. The minimum absolute atomic E-state index is 0.0640. The molecule has 164 valence electrons. The highest BCUT2D eigenvalue weighted by Gasteiger charge is 2.36. The number of benzene rings is 2. The van der Waals surface area contributed by atoms with Crippen LogP contribution in [-0.4, -0.2) is 29.3 Å². The van der Waals surface area contributed by atoms with Crippen molar-refractivity contribution in [3.63, 3.8) is 0 Å². The minimum Gasteiger partial charge on any atom is -0.326 e. The molecule has 1 unspecified atom stereocenters. The van der Waals surface area contributed by atoms with Crippen LogP contribution >= 0.6 is 22.9 Å². The van der Waals surface area contributed by atoms with E-state index in [2.05, 4.69) is 15.6 Å². The first-order valence-electron chi connectivity index (χ1n) is 9.70. The van der Waals surface area contributed by atoms with Gasteiger partial charge in [0.05, 0.1) is 22.3 Å². The molecule has 0 saturated carbocycles. The predicted octanol–water partition coefficient (Wildman–Crippen LogP) is 4.55. The Kier molecular flexibility index (Phi) is 6.20. The Morgan fingerprint density at radius 1 is 1.22 bits per heavy atom. The lowest BCUT2D eigenvalue weighted by atomic mass is 10.1. The molecule has 7 nitrogen and oxygen atoms in total. The molecule has 3 aromatic rings. The highest BCUT2D eigenvalue weighted by atomic mass is 35.5. The SMILES string of the molecule is CC(=O)Nc1ccc(-c2csc(NC(=O)C3CC(=O)N(c4ccccc4Cl)C3)n2)c(F)c1. The summed E-state index contributed by atoms with van der Waals surface area (Å²) in [5.41, 5.74) is 1.52. The average molecular weight is 473 g/mol. The molecule has 1 aliphatic rings. The number of carbonyl (C=O) groups is 3. The zero-order valence-corrected chi connectivity index (χ0v) is 18.5. The summed E-state index contributed by atoms with van der Waals surface area (Å²) in [6, 6.07) is 11.3. The molecule has 2 aromatic carbocycles. The van der Waals surface area contributed by atoms with E-state index in [1.54, 1.807) is 35.7 Å². The van der Waals surface area contributed by atoms with Gasteiger partial charge in [-0.3, -0.25) is 14.4 Å². The summed E-state index contributed by atoms with van der Waals surface area (Å²) in [4.78, 5) is 42.0. The molecule has 0 radical (unpaired) electrons. The summed E-state index contributed by atoms with van der Waals surface area (Å²) in [6.07, 6.45) is 0.0640. The number of carbonyl (C=O) groups excluding carboxylic acids is 3. The Labute approximate surface area is 192 Å². The lowest BCUT2D eigenvalue weighted by Gasteiger charge is -2.17. The van der Waals surface area contributed by atoms with E-state index in [4.69, 9.17) is 11.6 Å². The molecule has 3 amide bonds. The molecule has 1 aromatic heterocycles. The molecule has 0 bridgehead atoms. The molecule has 1 saturated heterocycles. The summed E-state index contributed by atoms with van der Waals surface area (Å²) in [7, 11) is 0. The molecule has 1 aliphatic heterocycles. The van der Waals surface area contributed by atoms with Gasteiger partial charge in [0.15, 0.2) is 5.13 Å². The molecular formula is C22H18ClFN4O3S. The summed E-state index contributed by atoms with van der Waals surface area (Å²) in [5.74, 6) is -1.92. The smallest absolute Gasteiger partial charge is 0.231 e. The van der Waals surface area contributed by atoms with Crippen LogP contribution in [0.2, 0.25) is 5.02 Å². The van der Waals surface area contributed by atoms with Crippen molar-refractivity contribution in [1.29, 1.82) is 0 Å². The topological polar surface area (TPSA) is 91.4 Å². The van der Waals surface area contributed by atoms with Crippen molar-refractivity contribution in [1.82, 2.24) is 4.98 Å². The van der Waals surface area contributed by atoms with Gasteiger partial charge in [0, 0.05) is 36.5 Å². The average Bonchev–Trinajstić information content (AvgIpc) is 3.35. The number of rotatable bonds is 5. The second-order valence-corrected chi connectivity index (χ2v) is 8.53. The lowest BCUT2D eigenvalue weighted by Crippen LogP contribution is -2.28. The lowest BCUT2D eigenvalue weighted by molar-refractivity contribution is -0.122. The third kappa shape index (κ3) is 4.63. The molecule has 2 N–H and O–H groups in total. The number of nitrogens with zero attached hydrogens (tertiary/aromatic N) is 2. The van der Waals surface area contributed by atoms with Gasteiger partial charge in [-0.2, -0.15) is 0 Å². The summed E-state index contributed by atoms with van der Waals surface area (Å²) < 4.78 is 14.5. The third-order valence-corrected chi connectivity index (χ3v) is 6.02. The summed E-state index contributed by atoms with van der Waals surface area (Å²) >= 11 is 7.34. The number of amides is 3. The van der Waals surface area contributed by atoms with E-state index in [1.807, 2.05) is 0 Å². The monoisotopic (exact) mass is 472 g/mol. The van der Waals surface area contributed by atoms with Gasteiger partial charge in [-0.25, -0.2) is 9.37 Å². The Balaban J connectivity index is 1.44. The molecule has 4 rings (SSSR count). The fourth-order valence-electron chi connectivity index (χ4n) is 3.45. The van der Waals surface area contributed by atoms with Crippen molar-refractivity contribution >= 4 is 57.2 Å². The first-order valence-corrected chi connectivity index (χ1v) is 11.0. The van der Waals surface area contributed by atoms with Crippen LogP contribution in [0.4, 0.5) is 20.9 Å². The van der Waals surface area contributed by atoms with Crippen LogP contribution in [0.5, 0.6) is 0 Å². The number of aromatic nitrogens is 1. The van der Waals surface area contributed by atoms with Crippen molar-refractivity contribution in [2.45, 2.75) is 13.3 Å². The molecule has 0 spiro atoms. The first-order chi connectivity index (χ1) is 15.3. The first kappa shape index (κ1) is 21.9. The normalized spacial score (nSPS) is 15.7. The van der Waals surface area contributed by atoms with Crippen molar-refractivity contribution in [2.24, 2.45) is 5.92 Å². The van der Waals surface area contributed by atoms with Crippen LogP contribution in [0.1, 0.15) is 13.3 Å². The second kappa shape index (κ2) is 9.05. The largest absolute Gasteiger partial charge is 0.326 e. The number of nitrogens with one attached hydrogen (secondary N) is 2. The van der Waals surface area contributed by atoms with Gasteiger partial charge in [0.1, 0.15) is 5.82 Å². The molecule has 2 heterocycles. The van der Waals surface area contributed by atoms with Crippen LogP contribution in [-0.2, 0) is 14.4 Å². The maximum absolute atomic E-state index is 14.5. The van der Waals surface area contributed by atoms with E-state index in [-0.39, 0.29) is 36.3 Å². The van der Waals surface area contributed by atoms with Crippen LogP contribution < -0.4 is 15.5 Å². The van der Waals surface area contributed by atoms with Crippen molar-refractivity contribution in [2.75, 3.05) is 22.1 Å². The predicted molar refractivity (Wildman–Crippen MR) is 122 cm³/mol. The standard InChI is InChI=1S/C22H18ClFN4O3S/c1-12(29)25-14-6-7-15(17(24)9-14)18-11-32-22(26-18)27-21(31)13-8-20(30)28(10-13)19-5-3-2-4-16(19)23/h2-7,9,11,13H,8,10H2,1H3,(H,25,29)(H,26,27,31). The zero-order valence-electron chi connectivity index (χ0n) is 16.9. The van der Waals surface area contributed by atoms with Crippen LogP contribution in [0.15, 0.2) is 47.8 Å². The molecule has 1 atom stereocenters. The number of para-hydroxylation sites is 1. The number of anilines is 3. The third-order valence-electron chi connectivity index (χ3n) is 4.94. The Morgan fingerprint density at radius 2 is 2.00 bits per heavy atom. The zero-order chi connectivity index (χ0) is 22.8. The number of thiazole rings is 1. The summed E-state index contributed by atoms with van der Waals surface area (Å²) in [5, 5.41) is 7.61. The van der Waals surface area contributed by atoms with Crippen LogP contribution in [0, 0.1) is 11.7 Å². The Morgan fingerprint density at radius 3 is 2.72 bits per heavy atom. The fraction of sp³-hybridized carbons (Fsp3) is 0.182. The van der Waals surface area contributed by atoms with Gasteiger partial charge in [-0.15, -0.1) is 11.3 Å². The van der Waals surface area contributed by atoms with E-state index in [0.29, 0.717) is 27.2 Å². The van der Waals surface area contributed by atoms with E-state index < -0.39 is 11.7 Å². The molecule has 1 fully saturated rings. The van der Waals surface area contributed by atoms with Gasteiger partial charge in [0.2, 0.25) is 17.7 Å². The van der Waals surface area contributed by atoms with Crippen LogP contribution in [0.25, 0.3) is 11.3 Å². The number of halogens is 2. The molecule has 0 aliphatic carbocycles. The van der Waals surface area contributed by atoms with Gasteiger partial charge >= 0.3 is 0 Å². The van der Waals surface area contributed by atoms with Crippen molar-refractivity contribution in [3.05, 3.63) is 58.7 Å². The maximum atomic E-state index is 14.5. The Hall–Kier alpha value is -3.30. The van der Waals surface area contributed by atoms with E-state index in [9.17, 15) is 18.8 Å². The minimum atomic E-state index is -0.556. The van der Waals surface area contributed by atoms with Gasteiger partial charge in [-0.05, 0) is 30.3 Å². The maximum Gasteiger partial charge on any atom is 0.231 e. The molecule has 10 heteroatoms. The van der Waals surface area contributed by atoms with E-state index in [0.717, 1.165) is 11.3 Å². The van der Waals surface area contributed by atoms with E-state index in [1.165, 1.54) is 24.0 Å². The van der Waals surface area contributed by atoms with Crippen molar-refractivity contribution < 1.29 is 18.8 Å². The van der Waals surface area contributed by atoms with E-state index >= 15 is 0 Å². The van der Waals surface area contributed by atoms with Gasteiger partial charge in [-0.1, -0.05) is 23.7 Å². The molecule has 32 heavy (non-hydrogen) atoms. The molecular weight excluding hydrogens is 455 g/mol. The van der Waals surface area contributed by atoms with Gasteiger partial charge < -0.3 is 15.5 Å². The Bertz CT molecular complexity index is 1220. The number of hydrogen-bond donors (Lipinski definition) is 2. The quantitative estimate of drug-likeness (QED) is 0.569. The summed E-state index contributed by atoms with van der Waals surface area (Å²) in [6.45, 7) is 1.55. The number of hydrogen-bond acceptors (Lipinski definition) is 5. The highest BCUT2D eigenvalue weighted by molar-refractivity contribution is 7.14. The second-order valence-electron chi connectivity index (χ2n) is 7.26. The highest BCUT2D eigenvalue weighted by Crippen LogP contribution is 2.32. The van der Waals surface area contributed by atoms with Gasteiger partial charge in [0.25, 0.3) is 0 Å². The van der Waals surface area contributed by atoms with Crippen molar-refractivity contribution in [3.8, 4) is 11.3 Å².